The number of ether oxygens (including phenoxy) is 1. The zero-order valence-corrected chi connectivity index (χ0v) is 20.8. The molecule has 2 heterocycles. The molecule has 1 aliphatic rings. The van der Waals surface area contributed by atoms with Crippen LogP contribution in [-0.2, 0) is 13.0 Å². The van der Waals surface area contributed by atoms with Gasteiger partial charge in [0.25, 0.3) is 11.8 Å². The van der Waals surface area contributed by atoms with E-state index in [1.54, 1.807) is 45.5 Å². The summed E-state index contributed by atoms with van der Waals surface area (Å²) in [7, 11) is 4.96. The Morgan fingerprint density at radius 3 is 2.64 bits per heavy atom. The monoisotopic (exact) mass is 490 g/mol. The maximum absolute atomic E-state index is 12.3. The Hall–Kier alpha value is -4.25. The molecule has 0 aliphatic carbocycles. The van der Waals surface area contributed by atoms with Crippen molar-refractivity contribution in [3.8, 4) is 5.75 Å². The van der Waals surface area contributed by atoms with Crippen molar-refractivity contribution < 1.29 is 14.3 Å². The van der Waals surface area contributed by atoms with Crippen LogP contribution >= 0.6 is 0 Å². The molecule has 0 saturated carbocycles. The molecule has 0 fully saturated rings. The lowest BCUT2D eigenvalue weighted by Crippen LogP contribution is -2.30. The van der Waals surface area contributed by atoms with Crippen LogP contribution in [0, 0.1) is 0 Å². The summed E-state index contributed by atoms with van der Waals surface area (Å²) < 4.78 is 5.60. The van der Waals surface area contributed by atoms with Crippen molar-refractivity contribution in [3.05, 3.63) is 58.8 Å². The highest BCUT2D eigenvalue weighted by atomic mass is 16.5. The zero-order valence-electron chi connectivity index (χ0n) is 20.8. The first kappa shape index (κ1) is 24.9. The topological polar surface area (TPSA) is 139 Å². The molecule has 0 atom stereocenters. The van der Waals surface area contributed by atoms with Gasteiger partial charge in [0.05, 0.1) is 12.8 Å². The van der Waals surface area contributed by atoms with Crippen molar-refractivity contribution >= 4 is 35.0 Å². The number of carbonyl (C=O) groups excluding carboxylic acids is 2. The molecule has 0 saturated heterocycles. The molecule has 188 valence electrons. The maximum atomic E-state index is 12.3. The first-order chi connectivity index (χ1) is 17.3. The first-order valence-electron chi connectivity index (χ1n) is 11.6. The molecule has 36 heavy (non-hydrogen) atoms. The van der Waals surface area contributed by atoms with Crippen molar-refractivity contribution in [2.75, 3.05) is 44.9 Å². The number of benzene rings is 2. The molecule has 11 nitrogen and oxygen atoms in total. The number of nitrogens with one attached hydrogen (secondary N) is 2. The molecular formula is C25H30N8O3. The SMILES string of the molecule is CCN1CCc2cc(OC)c(Nc3nnc(C(N)=O)c(Nc4cccc(C(=O)N(C)C)c4)n3)cc2C1. The van der Waals surface area contributed by atoms with E-state index >= 15 is 0 Å². The van der Waals surface area contributed by atoms with Crippen LogP contribution in [0.3, 0.4) is 0 Å². The summed E-state index contributed by atoms with van der Waals surface area (Å²) in [6, 6.07) is 10.9. The minimum Gasteiger partial charge on any atom is -0.495 e. The highest BCUT2D eigenvalue weighted by Crippen LogP contribution is 2.33. The average Bonchev–Trinajstić information content (AvgIpc) is 2.87. The van der Waals surface area contributed by atoms with Crippen LogP contribution in [0.15, 0.2) is 36.4 Å². The number of aromatic nitrogens is 3. The van der Waals surface area contributed by atoms with E-state index in [4.69, 9.17) is 10.5 Å². The predicted molar refractivity (Wildman–Crippen MR) is 137 cm³/mol. The molecule has 1 aliphatic heterocycles. The number of amides is 2. The number of nitrogens with two attached hydrogens (primary N) is 1. The molecule has 0 spiro atoms. The molecule has 0 bridgehead atoms. The van der Waals surface area contributed by atoms with Crippen molar-refractivity contribution in [2.24, 2.45) is 5.73 Å². The Morgan fingerprint density at radius 2 is 1.94 bits per heavy atom. The smallest absolute Gasteiger partial charge is 0.273 e. The average molecular weight is 491 g/mol. The normalized spacial score (nSPS) is 13.0. The van der Waals surface area contributed by atoms with Crippen LogP contribution in [0.2, 0.25) is 0 Å². The van der Waals surface area contributed by atoms with Gasteiger partial charge in [-0.05, 0) is 54.4 Å². The molecule has 2 amide bonds. The Balaban J connectivity index is 1.65. The van der Waals surface area contributed by atoms with E-state index in [2.05, 4.69) is 37.6 Å². The van der Waals surface area contributed by atoms with Gasteiger partial charge in [-0.1, -0.05) is 13.0 Å². The number of primary amides is 1. The van der Waals surface area contributed by atoms with Gasteiger partial charge in [-0.25, -0.2) is 0 Å². The summed E-state index contributed by atoms with van der Waals surface area (Å²) in [6.07, 6.45) is 0.953. The molecule has 0 radical (unpaired) electrons. The Labute approximate surface area is 209 Å². The molecule has 1 aromatic heterocycles. The van der Waals surface area contributed by atoms with Crippen LogP contribution in [-0.4, -0.2) is 71.1 Å². The minimum atomic E-state index is -0.782. The Morgan fingerprint density at radius 1 is 1.14 bits per heavy atom. The van der Waals surface area contributed by atoms with Gasteiger partial charge in [0, 0.05) is 38.4 Å². The molecule has 11 heteroatoms. The summed E-state index contributed by atoms with van der Waals surface area (Å²) >= 11 is 0. The summed E-state index contributed by atoms with van der Waals surface area (Å²) in [6.45, 7) is 4.98. The predicted octanol–water partition coefficient (Wildman–Crippen LogP) is 2.55. The quantitative estimate of drug-likeness (QED) is 0.435. The lowest BCUT2D eigenvalue weighted by Gasteiger charge is -2.28. The van der Waals surface area contributed by atoms with Gasteiger partial charge in [-0.2, -0.15) is 4.98 Å². The van der Waals surface area contributed by atoms with Gasteiger partial charge < -0.3 is 26.0 Å². The standard InChI is InChI=1S/C25H30N8O3/c1-5-33-10-9-15-13-20(36-4)19(12-17(15)14-33)28-25-29-23(21(22(26)34)30-31-25)27-18-8-6-7-16(11-18)24(35)32(2)3/h6-8,11-13H,5,9-10,14H2,1-4H3,(H2,26,34)(H2,27,28,29,31). The number of anilines is 4. The summed E-state index contributed by atoms with van der Waals surface area (Å²) in [4.78, 5) is 32.7. The van der Waals surface area contributed by atoms with Crippen molar-refractivity contribution in [3.63, 3.8) is 0 Å². The van der Waals surface area contributed by atoms with Crippen molar-refractivity contribution in [1.29, 1.82) is 0 Å². The highest BCUT2D eigenvalue weighted by molar-refractivity contribution is 5.97. The maximum Gasteiger partial charge on any atom is 0.273 e. The third kappa shape index (κ3) is 5.36. The van der Waals surface area contributed by atoms with E-state index < -0.39 is 5.91 Å². The molecule has 3 aromatic rings. The first-order valence-corrected chi connectivity index (χ1v) is 11.6. The van der Waals surface area contributed by atoms with Crippen LogP contribution in [0.5, 0.6) is 5.75 Å². The van der Waals surface area contributed by atoms with Crippen molar-refractivity contribution in [1.82, 2.24) is 25.0 Å². The number of nitrogens with zero attached hydrogens (tertiary/aromatic N) is 5. The van der Waals surface area contributed by atoms with Gasteiger partial charge >= 0.3 is 0 Å². The number of rotatable bonds is 8. The number of hydrogen-bond donors (Lipinski definition) is 3. The largest absolute Gasteiger partial charge is 0.495 e. The van der Waals surface area contributed by atoms with E-state index in [1.165, 1.54) is 16.0 Å². The number of fused-ring (bicyclic) bond motifs is 1. The molecule has 4 N–H and O–H groups in total. The second kappa shape index (κ2) is 10.6. The lowest BCUT2D eigenvalue weighted by atomic mass is 9.98. The summed E-state index contributed by atoms with van der Waals surface area (Å²) in [5, 5.41) is 14.2. The van der Waals surface area contributed by atoms with Gasteiger partial charge in [0.1, 0.15) is 5.75 Å². The summed E-state index contributed by atoms with van der Waals surface area (Å²) in [5.41, 5.74) is 9.55. The zero-order chi connectivity index (χ0) is 25.8. The van der Waals surface area contributed by atoms with E-state index in [0.717, 1.165) is 26.1 Å². The number of likely N-dealkylation sites (N-methyl/N-ethyl adjacent to an activating group) is 1. The second-order valence-corrected chi connectivity index (χ2v) is 8.67. The van der Waals surface area contributed by atoms with Crippen molar-refractivity contribution in [2.45, 2.75) is 19.9 Å². The third-order valence-electron chi connectivity index (χ3n) is 6.01. The van der Waals surface area contributed by atoms with Gasteiger partial charge in [0.15, 0.2) is 11.5 Å². The molecule has 2 aromatic carbocycles. The van der Waals surface area contributed by atoms with Crippen LogP contribution in [0.1, 0.15) is 38.9 Å². The number of carbonyl (C=O) groups is 2. The highest BCUT2D eigenvalue weighted by Gasteiger charge is 2.20. The molecule has 0 unspecified atom stereocenters. The molecular weight excluding hydrogens is 460 g/mol. The fourth-order valence-corrected chi connectivity index (χ4v) is 4.06. The van der Waals surface area contributed by atoms with Crippen LogP contribution in [0.4, 0.5) is 23.1 Å². The van der Waals surface area contributed by atoms with E-state index in [1.807, 2.05) is 12.1 Å². The third-order valence-corrected chi connectivity index (χ3v) is 6.01. The summed E-state index contributed by atoms with van der Waals surface area (Å²) in [5.74, 6) is -0.00710. The molecule has 4 rings (SSSR count). The Bertz CT molecular complexity index is 1290. The van der Waals surface area contributed by atoms with E-state index in [0.29, 0.717) is 22.7 Å². The van der Waals surface area contributed by atoms with Gasteiger partial charge in [0.2, 0.25) is 5.95 Å². The number of methoxy groups -OCH3 is 1. The van der Waals surface area contributed by atoms with Gasteiger partial charge in [-0.15, -0.1) is 10.2 Å². The van der Waals surface area contributed by atoms with Crippen LogP contribution < -0.4 is 21.1 Å². The Kier molecular flexibility index (Phi) is 7.30. The van der Waals surface area contributed by atoms with Crippen LogP contribution in [0.25, 0.3) is 0 Å². The fraction of sp³-hybridized carbons (Fsp3) is 0.320. The second-order valence-electron chi connectivity index (χ2n) is 8.67. The van der Waals surface area contributed by atoms with E-state index in [-0.39, 0.29) is 23.4 Å². The fourth-order valence-electron chi connectivity index (χ4n) is 4.06. The number of hydrogen-bond acceptors (Lipinski definition) is 9. The lowest BCUT2D eigenvalue weighted by molar-refractivity contribution is 0.0827. The van der Waals surface area contributed by atoms with Gasteiger partial charge in [-0.3, -0.25) is 14.5 Å². The minimum absolute atomic E-state index is 0.114. The van der Waals surface area contributed by atoms with E-state index in [9.17, 15) is 9.59 Å².